The SMILES string of the molecule is CC(=O)N1CCN(C(=O)C(C)NC(=O)c2cc3n(n2)CCCN(Cc2ccccc2C)C3=O)CC1. The lowest BCUT2D eigenvalue weighted by Crippen LogP contribution is -2.54. The molecule has 0 spiro atoms. The quantitative estimate of drug-likeness (QED) is 0.688. The molecule has 0 bridgehead atoms. The minimum Gasteiger partial charge on any atom is -0.339 e. The normalized spacial score (nSPS) is 17.0. The maximum atomic E-state index is 13.2. The molecule has 186 valence electrons. The Hall–Kier alpha value is -3.69. The number of nitrogens with one attached hydrogen (secondary N) is 1. The molecule has 10 heteroatoms. The lowest BCUT2D eigenvalue weighted by atomic mass is 10.1. The first-order valence-electron chi connectivity index (χ1n) is 12.0. The van der Waals surface area contributed by atoms with E-state index >= 15 is 0 Å². The Kier molecular flexibility index (Phi) is 7.18. The standard InChI is InChI=1S/C25H32N6O4/c1-17-7-4-5-8-20(17)16-30-9-6-10-31-22(25(30)35)15-21(27-31)23(33)26-18(2)24(34)29-13-11-28(12-14-29)19(3)32/h4-5,7-8,15,18H,6,9-14,16H2,1-3H3,(H,26,33). The maximum absolute atomic E-state index is 13.2. The molecule has 4 rings (SSSR count). The summed E-state index contributed by atoms with van der Waals surface area (Å²) in [5.41, 5.74) is 2.70. The number of benzene rings is 1. The molecule has 2 aliphatic rings. The zero-order valence-corrected chi connectivity index (χ0v) is 20.5. The van der Waals surface area contributed by atoms with Crippen molar-refractivity contribution < 1.29 is 19.2 Å². The van der Waals surface area contributed by atoms with E-state index in [-0.39, 0.29) is 23.4 Å². The molecule has 2 aliphatic heterocycles. The fourth-order valence-corrected chi connectivity index (χ4v) is 4.54. The molecule has 0 radical (unpaired) electrons. The van der Waals surface area contributed by atoms with E-state index in [0.717, 1.165) is 17.5 Å². The highest BCUT2D eigenvalue weighted by atomic mass is 16.2. The number of hydrogen-bond acceptors (Lipinski definition) is 5. The molecule has 3 heterocycles. The van der Waals surface area contributed by atoms with E-state index in [9.17, 15) is 19.2 Å². The van der Waals surface area contributed by atoms with Gasteiger partial charge in [-0.2, -0.15) is 5.10 Å². The van der Waals surface area contributed by atoms with E-state index in [1.165, 1.54) is 13.0 Å². The van der Waals surface area contributed by atoms with E-state index in [1.807, 2.05) is 31.2 Å². The third-order valence-electron chi connectivity index (χ3n) is 6.69. The molecular weight excluding hydrogens is 448 g/mol. The summed E-state index contributed by atoms with van der Waals surface area (Å²) in [5, 5.41) is 7.08. The van der Waals surface area contributed by atoms with Crippen molar-refractivity contribution in [3.63, 3.8) is 0 Å². The van der Waals surface area contributed by atoms with Crippen molar-refractivity contribution >= 4 is 23.6 Å². The minimum absolute atomic E-state index is 0.00925. The van der Waals surface area contributed by atoms with Crippen molar-refractivity contribution in [1.82, 2.24) is 29.8 Å². The van der Waals surface area contributed by atoms with Crippen molar-refractivity contribution in [1.29, 1.82) is 0 Å². The van der Waals surface area contributed by atoms with Crippen molar-refractivity contribution in [2.45, 2.75) is 46.3 Å². The third-order valence-corrected chi connectivity index (χ3v) is 6.69. The molecule has 35 heavy (non-hydrogen) atoms. The van der Waals surface area contributed by atoms with Crippen molar-refractivity contribution in [2.24, 2.45) is 0 Å². The van der Waals surface area contributed by atoms with Crippen LogP contribution in [0.15, 0.2) is 30.3 Å². The lowest BCUT2D eigenvalue weighted by Gasteiger charge is -2.35. The van der Waals surface area contributed by atoms with Gasteiger partial charge in [-0.3, -0.25) is 23.9 Å². The molecule has 1 N–H and O–H groups in total. The van der Waals surface area contributed by atoms with Crippen LogP contribution in [0.3, 0.4) is 0 Å². The Morgan fingerprint density at radius 3 is 2.40 bits per heavy atom. The van der Waals surface area contributed by atoms with Crippen LogP contribution in [0, 0.1) is 6.92 Å². The number of nitrogens with zero attached hydrogens (tertiary/aromatic N) is 5. The van der Waals surface area contributed by atoms with Crippen LogP contribution in [-0.2, 0) is 22.7 Å². The first-order valence-corrected chi connectivity index (χ1v) is 12.0. The van der Waals surface area contributed by atoms with Gasteiger partial charge >= 0.3 is 0 Å². The largest absolute Gasteiger partial charge is 0.339 e. The van der Waals surface area contributed by atoms with E-state index in [1.54, 1.807) is 26.3 Å². The van der Waals surface area contributed by atoms with Crippen LogP contribution in [0.4, 0.5) is 0 Å². The third kappa shape index (κ3) is 5.36. The Morgan fingerprint density at radius 2 is 1.71 bits per heavy atom. The van der Waals surface area contributed by atoms with E-state index in [4.69, 9.17) is 0 Å². The van der Waals surface area contributed by atoms with Crippen LogP contribution >= 0.6 is 0 Å². The average molecular weight is 481 g/mol. The smallest absolute Gasteiger partial charge is 0.272 e. The Balaban J connectivity index is 1.40. The second-order valence-corrected chi connectivity index (χ2v) is 9.17. The molecule has 4 amide bonds. The first kappa shape index (κ1) is 24.4. The van der Waals surface area contributed by atoms with Crippen LogP contribution in [-0.4, -0.2) is 86.9 Å². The summed E-state index contributed by atoms with van der Waals surface area (Å²) in [7, 11) is 0. The number of hydrogen-bond donors (Lipinski definition) is 1. The fourth-order valence-electron chi connectivity index (χ4n) is 4.54. The van der Waals surface area contributed by atoms with E-state index < -0.39 is 11.9 Å². The number of fused-ring (bicyclic) bond motifs is 1. The van der Waals surface area contributed by atoms with Gasteiger partial charge in [0.25, 0.3) is 11.8 Å². The van der Waals surface area contributed by atoms with Gasteiger partial charge in [0, 0.05) is 58.8 Å². The molecule has 10 nitrogen and oxygen atoms in total. The highest BCUT2D eigenvalue weighted by Crippen LogP contribution is 2.18. The summed E-state index contributed by atoms with van der Waals surface area (Å²) in [6, 6.07) is 8.74. The van der Waals surface area contributed by atoms with Crippen LogP contribution in [0.1, 0.15) is 52.4 Å². The topological polar surface area (TPSA) is 108 Å². The second kappa shape index (κ2) is 10.3. The Labute approximate surface area is 204 Å². The molecule has 1 saturated heterocycles. The Morgan fingerprint density at radius 1 is 1.03 bits per heavy atom. The summed E-state index contributed by atoms with van der Waals surface area (Å²) in [5.74, 6) is -0.871. The van der Waals surface area contributed by atoms with Crippen LogP contribution in [0.5, 0.6) is 0 Å². The first-order chi connectivity index (χ1) is 16.7. The van der Waals surface area contributed by atoms with Gasteiger partial charge in [-0.1, -0.05) is 24.3 Å². The summed E-state index contributed by atoms with van der Waals surface area (Å²) in [6.07, 6.45) is 0.731. The van der Waals surface area contributed by atoms with Gasteiger partial charge in [-0.25, -0.2) is 0 Å². The van der Waals surface area contributed by atoms with Gasteiger partial charge in [-0.15, -0.1) is 0 Å². The van der Waals surface area contributed by atoms with Gasteiger partial charge < -0.3 is 20.0 Å². The number of amides is 4. The number of aryl methyl sites for hydroxylation is 2. The van der Waals surface area contributed by atoms with E-state index in [2.05, 4.69) is 10.4 Å². The second-order valence-electron chi connectivity index (χ2n) is 9.17. The molecule has 2 aromatic rings. The molecular formula is C25H32N6O4. The number of aromatic nitrogens is 2. The van der Waals surface area contributed by atoms with Gasteiger partial charge in [0.15, 0.2) is 5.69 Å². The minimum atomic E-state index is -0.749. The molecule has 0 aliphatic carbocycles. The van der Waals surface area contributed by atoms with Crippen LogP contribution < -0.4 is 5.32 Å². The molecule has 1 aromatic carbocycles. The fraction of sp³-hybridized carbons (Fsp3) is 0.480. The van der Waals surface area contributed by atoms with E-state index in [0.29, 0.717) is 51.5 Å². The predicted octanol–water partition coefficient (Wildman–Crippen LogP) is 1.05. The lowest BCUT2D eigenvalue weighted by molar-refractivity contribution is -0.139. The van der Waals surface area contributed by atoms with Crippen LogP contribution in [0.2, 0.25) is 0 Å². The van der Waals surface area contributed by atoms with Crippen molar-refractivity contribution in [3.05, 3.63) is 52.8 Å². The van der Waals surface area contributed by atoms with Crippen molar-refractivity contribution in [2.75, 3.05) is 32.7 Å². The van der Waals surface area contributed by atoms with Gasteiger partial charge in [0.1, 0.15) is 11.7 Å². The number of rotatable bonds is 5. The predicted molar refractivity (Wildman–Crippen MR) is 129 cm³/mol. The Bertz CT molecular complexity index is 1130. The zero-order valence-electron chi connectivity index (χ0n) is 20.5. The molecule has 0 saturated carbocycles. The van der Waals surface area contributed by atoms with Crippen LogP contribution in [0.25, 0.3) is 0 Å². The summed E-state index contributed by atoms with van der Waals surface area (Å²) < 4.78 is 1.59. The maximum Gasteiger partial charge on any atom is 0.272 e. The average Bonchev–Trinajstić information content (AvgIpc) is 3.22. The summed E-state index contributed by atoms with van der Waals surface area (Å²) in [4.78, 5) is 55.6. The summed E-state index contributed by atoms with van der Waals surface area (Å²) >= 11 is 0. The molecule has 1 unspecified atom stereocenters. The number of piperazine rings is 1. The van der Waals surface area contributed by atoms with Gasteiger partial charge in [0.2, 0.25) is 11.8 Å². The molecule has 1 aromatic heterocycles. The molecule has 1 atom stereocenters. The number of carbonyl (C=O) groups excluding carboxylic acids is 4. The highest BCUT2D eigenvalue weighted by molar-refractivity contribution is 5.99. The zero-order chi connectivity index (χ0) is 25.1. The molecule has 1 fully saturated rings. The monoisotopic (exact) mass is 480 g/mol. The number of carbonyl (C=O) groups is 4. The van der Waals surface area contributed by atoms with Crippen molar-refractivity contribution in [3.8, 4) is 0 Å². The van der Waals surface area contributed by atoms with Gasteiger partial charge in [-0.05, 0) is 31.4 Å². The summed E-state index contributed by atoms with van der Waals surface area (Å²) in [6.45, 7) is 8.65. The highest BCUT2D eigenvalue weighted by Gasteiger charge is 2.30. The van der Waals surface area contributed by atoms with Gasteiger partial charge in [0.05, 0.1) is 0 Å².